The Morgan fingerprint density at radius 2 is 1.92 bits per heavy atom. The predicted molar refractivity (Wildman–Crippen MR) is 96.7 cm³/mol. The fraction of sp³-hybridized carbons (Fsp3) is 0.200. The van der Waals surface area contributed by atoms with Crippen LogP contribution in [0.4, 0.5) is 0 Å². The molecular weight excluding hydrogens is 316 g/mol. The molecule has 2 aliphatic rings. The summed E-state index contributed by atoms with van der Waals surface area (Å²) in [5, 5.41) is 21.9. The highest BCUT2D eigenvalue weighted by Crippen LogP contribution is 2.29. The molecule has 128 valence electrons. The smallest absolute Gasteiger partial charge is 0.120 e. The third kappa shape index (κ3) is 2.32. The van der Waals surface area contributed by atoms with Gasteiger partial charge >= 0.3 is 0 Å². The van der Waals surface area contributed by atoms with Gasteiger partial charge < -0.3 is 25.3 Å². The summed E-state index contributed by atoms with van der Waals surface area (Å²) in [6.07, 6.45) is 6.74. The third-order valence-corrected chi connectivity index (χ3v) is 4.88. The summed E-state index contributed by atoms with van der Waals surface area (Å²) in [6.45, 7) is -0.328. The van der Waals surface area contributed by atoms with E-state index in [1.54, 1.807) is 11.7 Å². The van der Waals surface area contributed by atoms with Crippen LogP contribution in [-0.2, 0) is 13.3 Å². The van der Waals surface area contributed by atoms with E-state index in [1.165, 1.54) is 0 Å². The first kappa shape index (κ1) is 15.7. The van der Waals surface area contributed by atoms with Gasteiger partial charge in [-0.3, -0.25) is 0 Å². The lowest BCUT2D eigenvalue weighted by Crippen LogP contribution is -2.29. The number of nitrogens with zero attached hydrogens (tertiary/aromatic N) is 1. The van der Waals surface area contributed by atoms with Crippen LogP contribution in [0.15, 0.2) is 47.7 Å². The first-order valence-corrected chi connectivity index (χ1v) is 8.18. The van der Waals surface area contributed by atoms with E-state index in [-0.39, 0.29) is 13.3 Å². The van der Waals surface area contributed by atoms with Crippen LogP contribution in [0.3, 0.4) is 0 Å². The number of aromatic nitrogens is 1. The van der Waals surface area contributed by atoms with Crippen LogP contribution in [0.5, 0.6) is 5.75 Å². The molecule has 0 amide bonds. The van der Waals surface area contributed by atoms with Gasteiger partial charge in [-0.05, 0) is 47.4 Å². The molecule has 25 heavy (non-hydrogen) atoms. The third-order valence-electron chi connectivity index (χ3n) is 4.88. The number of aliphatic hydroxyl groups is 2. The normalized spacial score (nSPS) is 15.2. The number of methoxy groups -OCH3 is 1. The summed E-state index contributed by atoms with van der Waals surface area (Å²) >= 11 is 0. The van der Waals surface area contributed by atoms with Crippen LogP contribution in [0.2, 0.25) is 0 Å². The number of aliphatic hydroxyl groups excluding tert-OH is 2. The van der Waals surface area contributed by atoms with Gasteiger partial charge in [-0.15, -0.1) is 0 Å². The van der Waals surface area contributed by atoms with E-state index in [4.69, 9.17) is 10.5 Å². The molecule has 1 aromatic carbocycles. The predicted octanol–water partition coefficient (Wildman–Crippen LogP) is 0.723. The van der Waals surface area contributed by atoms with Gasteiger partial charge in [0.15, 0.2) is 0 Å². The van der Waals surface area contributed by atoms with Crippen LogP contribution < -0.4 is 21.0 Å². The van der Waals surface area contributed by atoms with Crippen molar-refractivity contribution < 1.29 is 14.9 Å². The number of benzene rings is 1. The number of allylic oxidation sites excluding steroid dienone is 3. The standard InChI is InChI=1S/C20H20N2O3/c1-25-15-5-2-12(3-6-15)19-17-9-13-8-14(21)4-7-16(13)20(17)22(11-24)18(19)10-23/h2-6,8-9,23-24H,7,10-11,21H2,1H3. The molecule has 2 aliphatic carbocycles. The van der Waals surface area contributed by atoms with E-state index in [0.717, 1.165) is 50.7 Å². The van der Waals surface area contributed by atoms with Crippen molar-refractivity contribution in [3.05, 3.63) is 63.9 Å². The summed E-state index contributed by atoms with van der Waals surface area (Å²) in [5.41, 5.74) is 11.5. The molecule has 0 saturated heterocycles. The number of hydrogen-bond acceptors (Lipinski definition) is 4. The molecule has 1 heterocycles. The lowest BCUT2D eigenvalue weighted by molar-refractivity contribution is 0.190. The molecule has 2 aromatic rings. The van der Waals surface area contributed by atoms with Gasteiger partial charge in [0.25, 0.3) is 0 Å². The average Bonchev–Trinajstić information content (AvgIpc) is 3.14. The van der Waals surface area contributed by atoms with E-state index in [2.05, 4.69) is 6.08 Å². The molecular formula is C20H20N2O3. The fourth-order valence-corrected chi connectivity index (χ4v) is 3.74. The summed E-state index contributed by atoms with van der Waals surface area (Å²) in [4.78, 5) is 0. The summed E-state index contributed by atoms with van der Waals surface area (Å²) in [6, 6.07) is 7.73. The van der Waals surface area contributed by atoms with Crippen LogP contribution in [-0.4, -0.2) is 21.9 Å². The van der Waals surface area contributed by atoms with E-state index >= 15 is 0 Å². The van der Waals surface area contributed by atoms with Crippen molar-refractivity contribution in [3.63, 3.8) is 0 Å². The zero-order valence-electron chi connectivity index (χ0n) is 14.0. The SMILES string of the molecule is COc1ccc(-c2c(CO)n(CO)c3c2=CC2=CC(N)=CCC=32)cc1. The maximum Gasteiger partial charge on any atom is 0.120 e. The Morgan fingerprint density at radius 1 is 1.16 bits per heavy atom. The number of fused-ring (bicyclic) bond motifs is 2. The molecule has 0 atom stereocenters. The molecule has 4 N–H and O–H groups in total. The number of rotatable bonds is 4. The fourth-order valence-electron chi connectivity index (χ4n) is 3.74. The van der Waals surface area contributed by atoms with E-state index in [0.29, 0.717) is 5.69 Å². The second kappa shape index (κ2) is 5.95. The molecule has 0 fully saturated rings. The molecule has 0 aliphatic heterocycles. The Kier molecular flexibility index (Phi) is 3.75. The Balaban J connectivity index is 2.03. The lowest BCUT2D eigenvalue weighted by Gasteiger charge is -2.13. The molecule has 0 spiro atoms. The van der Waals surface area contributed by atoms with Crippen LogP contribution in [0, 0.1) is 0 Å². The van der Waals surface area contributed by atoms with Crippen molar-refractivity contribution in [2.45, 2.75) is 19.8 Å². The summed E-state index contributed by atoms with van der Waals surface area (Å²) < 4.78 is 7.02. The van der Waals surface area contributed by atoms with Crippen molar-refractivity contribution in [3.8, 4) is 16.9 Å². The zero-order valence-corrected chi connectivity index (χ0v) is 14.0. The largest absolute Gasteiger partial charge is 0.497 e. The van der Waals surface area contributed by atoms with E-state index in [1.807, 2.05) is 36.4 Å². The van der Waals surface area contributed by atoms with Crippen LogP contribution in [0.1, 0.15) is 12.1 Å². The monoisotopic (exact) mass is 336 g/mol. The Hall–Kier alpha value is -2.76. The summed E-state index contributed by atoms with van der Waals surface area (Å²) in [7, 11) is 1.63. The van der Waals surface area contributed by atoms with Gasteiger partial charge in [-0.25, -0.2) is 0 Å². The maximum atomic E-state index is 9.96. The van der Waals surface area contributed by atoms with Crippen molar-refractivity contribution in [2.24, 2.45) is 5.73 Å². The van der Waals surface area contributed by atoms with Crippen LogP contribution >= 0.6 is 0 Å². The second-order valence-corrected chi connectivity index (χ2v) is 6.17. The van der Waals surface area contributed by atoms with Gasteiger partial charge in [0.1, 0.15) is 12.5 Å². The Bertz CT molecular complexity index is 1020. The van der Waals surface area contributed by atoms with Crippen molar-refractivity contribution in [2.75, 3.05) is 7.11 Å². The highest BCUT2D eigenvalue weighted by Gasteiger charge is 2.23. The topological polar surface area (TPSA) is 80.6 Å². The maximum absolute atomic E-state index is 9.96. The minimum absolute atomic E-state index is 0.146. The highest BCUT2D eigenvalue weighted by molar-refractivity contribution is 5.88. The first-order chi connectivity index (χ1) is 12.2. The Labute approximate surface area is 145 Å². The van der Waals surface area contributed by atoms with Gasteiger partial charge in [-0.1, -0.05) is 18.2 Å². The van der Waals surface area contributed by atoms with Gasteiger partial charge in [0, 0.05) is 16.5 Å². The van der Waals surface area contributed by atoms with Gasteiger partial charge in [0.2, 0.25) is 0 Å². The number of ether oxygens (including phenoxy) is 1. The molecule has 1 aromatic heterocycles. The number of nitrogens with two attached hydrogens (primary N) is 1. The van der Waals surface area contributed by atoms with E-state index < -0.39 is 0 Å². The number of hydrogen-bond donors (Lipinski definition) is 3. The second-order valence-electron chi connectivity index (χ2n) is 6.17. The van der Waals surface area contributed by atoms with E-state index in [9.17, 15) is 10.2 Å². The summed E-state index contributed by atoms with van der Waals surface area (Å²) in [5.74, 6) is 0.777. The highest BCUT2D eigenvalue weighted by atomic mass is 16.5. The molecule has 0 radical (unpaired) electrons. The molecule has 0 bridgehead atoms. The molecule has 0 unspecified atom stereocenters. The quantitative estimate of drug-likeness (QED) is 0.769. The van der Waals surface area contributed by atoms with Gasteiger partial charge in [-0.2, -0.15) is 0 Å². The zero-order chi connectivity index (χ0) is 17.6. The molecule has 5 nitrogen and oxygen atoms in total. The van der Waals surface area contributed by atoms with Crippen LogP contribution in [0.25, 0.3) is 22.8 Å². The minimum atomic E-state index is -0.182. The van der Waals surface area contributed by atoms with Crippen molar-refractivity contribution in [1.82, 2.24) is 4.57 Å². The Morgan fingerprint density at radius 3 is 2.56 bits per heavy atom. The average molecular weight is 336 g/mol. The molecule has 0 saturated carbocycles. The molecule has 4 rings (SSSR count). The van der Waals surface area contributed by atoms with Crippen molar-refractivity contribution >= 4 is 11.6 Å². The van der Waals surface area contributed by atoms with Crippen molar-refractivity contribution in [1.29, 1.82) is 0 Å². The lowest BCUT2D eigenvalue weighted by atomic mass is 9.99. The van der Waals surface area contributed by atoms with Gasteiger partial charge in [0.05, 0.1) is 24.8 Å². The minimum Gasteiger partial charge on any atom is -0.497 e. The first-order valence-electron chi connectivity index (χ1n) is 8.18. The molecule has 5 heteroatoms.